The minimum absolute atomic E-state index is 0.0571. The Morgan fingerprint density at radius 3 is 2.50 bits per heavy atom. The highest BCUT2D eigenvalue weighted by atomic mass is 16.4. The Kier molecular flexibility index (Phi) is 4.42. The highest BCUT2D eigenvalue weighted by Gasteiger charge is 2.31. The molecule has 2 N–H and O–H groups in total. The Morgan fingerprint density at radius 2 is 1.88 bits per heavy atom. The second-order valence-electron chi connectivity index (χ2n) is 6.47. The summed E-state index contributed by atoms with van der Waals surface area (Å²) in [5.41, 5.74) is 3.57. The zero-order chi connectivity index (χ0) is 17.3. The lowest BCUT2D eigenvalue weighted by molar-refractivity contribution is -0.141. The van der Waals surface area contributed by atoms with Gasteiger partial charge in [-0.1, -0.05) is 18.2 Å². The maximum atomic E-state index is 12.6. The zero-order valence-corrected chi connectivity index (χ0v) is 14.0. The molecule has 1 fully saturated rings. The summed E-state index contributed by atoms with van der Waals surface area (Å²) in [6, 6.07) is 11.8. The van der Waals surface area contributed by atoms with Crippen molar-refractivity contribution in [3.63, 3.8) is 0 Å². The molecule has 2 aromatic rings. The number of nitrogens with one attached hydrogen (secondary N) is 1. The normalized spacial score (nSPS) is 20.1. The van der Waals surface area contributed by atoms with Gasteiger partial charge in [-0.2, -0.15) is 0 Å². The topological polar surface area (TPSA) is 71.3 Å². The molecule has 5 heteroatoms. The van der Waals surface area contributed by atoms with Crippen LogP contribution in [0, 0.1) is 19.8 Å². The van der Waals surface area contributed by atoms with Gasteiger partial charge in [0.15, 0.2) is 0 Å². The maximum absolute atomic E-state index is 12.6. The largest absolute Gasteiger partial charge is 0.481 e. The second-order valence-corrected chi connectivity index (χ2v) is 6.47. The predicted octanol–water partition coefficient (Wildman–Crippen LogP) is 3.08. The molecule has 0 unspecified atom stereocenters. The number of carbonyl (C=O) groups excluding carboxylic acids is 1. The van der Waals surface area contributed by atoms with Crippen molar-refractivity contribution >= 4 is 11.9 Å². The third kappa shape index (κ3) is 3.07. The molecular weight excluding hydrogens is 304 g/mol. The SMILES string of the molecule is Cc1cc(C(=O)N[C@@H]2CC[C@H](C(=O)O)C2)c(C)n1-c1ccccc1. The van der Waals surface area contributed by atoms with Crippen molar-refractivity contribution < 1.29 is 14.7 Å². The van der Waals surface area contributed by atoms with Crippen molar-refractivity contribution in [1.29, 1.82) is 0 Å². The highest BCUT2D eigenvalue weighted by Crippen LogP contribution is 2.27. The third-order valence-electron chi connectivity index (χ3n) is 4.81. The Balaban J connectivity index is 1.78. The van der Waals surface area contributed by atoms with Crippen LogP contribution in [0.5, 0.6) is 0 Å². The number of para-hydroxylation sites is 1. The minimum Gasteiger partial charge on any atom is -0.481 e. The number of hydrogen-bond acceptors (Lipinski definition) is 2. The lowest BCUT2D eigenvalue weighted by atomic mass is 10.1. The van der Waals surface area contributed by atoms with E-state index in [-0.39, 0.29) is 17.9 Å². The molecule has 1 aliphatic carbocycles. The van der Waals surface area contributed by atoms with Crippen LogP contribution in [0.4, 0.5) is 0 Å². The molecule has 0 spiro atoms. The second kappa shape index (κ2) is 6.51. The molecule has 1 aliphatic rings. The summed E-state index contributed by atoms with van der Waals surface area (Å²) in [6.45, 7) is 3.91. The van der Waals surface area contributed by atoms with Crippen LogP contribution < -0.4 is 5.32 Å². The number of carboxylic acids is 1. The first kappa shape index (κ1) is 16.3. The molecule has 0 bridgehead atoms. The van der Waals surface area contributed by atoms with Crippen LogP contribution in [0.15, 0.2) is 36.4 Å². The summed E-state index contributed by atoms with van der Waals surface area (Å²) in [4.78, 5) is 23.7. The number of amides is 1. The number of carbonyl (C=O) groups is 2. The van der Waals surface area contributed by atoms with Crippen LogP contribution in [0.1, 0.15) is 41.0 Å². The summed E-state index contributed by atoms with van der Waals surface area (Å²) in [7, 11) is 0. The van der Waals surface area contributed by atoms with E-state index < -0.39 is 5.97 Å². The summed E-state index contributed by atoms with van der Waals surface area (Å²) < 4.78 is 2.06. The van der Waals surface area contributed by atoms with Gasteiger partial charge in [0.25, 0.3) is 5.91 Å². The van der Waals surface area contributed by atoms with E-state index in [9.17, 15) is 9.59 Å². The molecule has 1 aromatic carbocycles. The molecule has 3 rings (SSSR count). The Morgan fingerprint density at radius 1 is 1.17 bits per heavy atom. The van der Waals surface area contributed by atoms with Gasteiger partial charge in [0.05, 0.1) is 11.5 Å². The fraction of sp³-hybridized carbons (Fsp3) is 0.368. The fourth-order valence-corrected chi connectivity index (χ4v) is 3.57. The Labute approximate surface area is 141 Å². The van der Waals surface area contributed by atoms with E-state index in [1.165, 1.54) is 0 Å². The Bertz CT molecular complexity index is 764. The van der Waals surface area contributed by atoms with Gasteiger partial charge >= 0.3 is 5.97 Å². The average molecular weight is 326 g/mol. The first-order chi connectivity index (χ1) is 11.5. The number of aliphatic carboxylic acids is 1. The first-order valence-corrected chi connectivity index (χ1v) is 8.25. The molecule has 0 radical (unpaired) electrons. The smallest absolute Gasteiger partial charge is 0.306 e. The average Bonchev–Trinajstić information content (AvgIpc) is 3.13. The van der Waals surface area contributed by atoms with Crippen LogP contribution >= 0.6 is 0 Å². The van der Waals surface area contributed by atoms with E-state index in [0.717, 1.165) is 23.5 Å². The molecule has 24 heavy (non-hydrogen) atoms. The van der Waals surface area contributed by atoms with Gasteiger partial charge in [-0.05, 0) is 51.3 Å². The molecule has 0 saturated heterocycles. The molecule has 1 aromatic heterocycles. The van der Waals surface area contributed by atoms with E-state index in [0.29, 0.717) is 18.4 Å². The van der Waals surface area contributed by atoms with Crippen LogP contribution in [-0.2, 0) is 4.79 Å². The van der Waals surface area contributed by atoms with Gasteiger partial charge in [-0.3, -0.25) is 9.59 Å². The van der Waals surface area contributed by atoms with Gasteiger partial charge in [0, 0.05) is 23.1 Å². The van der Waals surface area contributed by atoms with Gasteiger partial charge < -0.3 is 15.0 Å². The fourth-order valence-electron chi connectivity index (χ4n) is 3.57. The van der Waals surface area contributed by atoms with E-state index in [2.05, 4.69) is 9.88 Å². The van der Waals surface area contributed by atoms with Crippen molar-refractivity contribution in [2.75, 3.05) is 0 Å². The molecule has 1 amide bonds. The van der Waals surface area contributed by atoms with Crippen molar-refractivity contribution in [3.8, 4) is 5.69 Å². The van der Waals surface area contributed by atoms with Gasteiger partial charge in [-0.25, -0.2) is 0 Å². The number of benzene rings is 1. The lowest BCUT2D eigenvalue weighted by Gasteiger charge is -2.13. The third-order valence-corrected chi connectivity index (χ3v) is 4.81. The summed E-state index contributed by atoms with van der Waals surface area (Å²) in [5, 5.41) is 12.1. The summed E-state index contributed by atoms with van der Waals surface area (Å²) in [5.74, 6) is -1.23. The van der Waals surface area contributed by atoms with Crippen molar-refractivity contribution in [3.05, 3.63) is 53.3 Å². The first-order valence-electron chi connectivity index (χ1n) is 8.25. The molecular formula is C19H22N2O3. The molecule has 126 valence electrons. The standard InChI is InChI=1S/C19H22N2O3/c1-12-10-17(13(2)21(12)16-6-4-3-5-7-16)18(22)20-15-9-8-14(11-15)19(23)24/h3-7,10,14-15H,8-9,11H2,1-2H3,(H,20,22)(H,23,24)/t14-,15+/m0/s1. The number of hydrogen-bond donors (Lipinski definition) is 2. The highest BCUT2D eigenvalue weighted by molar-refractivity contribution is 5.96. The zero-order valence-electron chi connectivity index (χ0n) is 14.0. The molecule has 0 aliphatic heterocycles. The van der Waals surface area contributed by atoms with Crippen LogP contribution in [0.3, 0.4) is 0 Å². The van der Waals surface area contributed by atoms with E-state index >= 15 is 0 Å². The van der Waals surface area contributed by atoms with Gasteiger partial charge in [0.2, 0.25) is 0 Å². The van der Waals surface area contributed by atoms with Crippen molar-refractivity contribution in [1.82, 2.24) is 9.88 Å². The number of aromatic nitrogens is 1. The quantitative estimate of drug-likeness (QED) is 0.907. The van der Waals surface area contributed by atoms with Gasteiger partial charge in [-0.15, -0.1) is 0 Å². The molecule has 2 atom stereocenters. The van der Waals surface area contributed by atoms with Crippen molar-refractivity contribution in [2.45, 2.75) is 39.2 Å². The summed E-state index contributed by atoms with van der Waals surface area (Å²) >= 11 is 0. The molecule has 1 saturated carbocycles. The summed E-state index contributed by atoms with van der Waals surface area (Å²) in [6.07, 6.45) is 1.86. The number of rotatable bonds is 4. The molecule has 5 nitrogen and oxygen atoms in total. The van der Waals surface area contributed by atoms with Crippen LogP contribution in [-0.4, -0.2) is 27.6 Å². The van der Waals surface area contributed by atoms with Crippen LogP contribution in [0.25, 0.3) is 5.69 Å². The lowest BCUT2D eigenvalue weighted by Crippen LogP contribution is -2.33. The van der Waals surface area contributed by atoms with Crippen LogP contribution in [0.2, 0.25) is 0 Å². The van der Waals surface area contributed by atoms with E-state index in [4.69, 9.17) is 5.11 Å². The van der Waals surface area contributed by atoms with E-state index in [1.54, 1.807) is 0 Å². The van der Waals surface area contributed by atoms with Gasteiger partial charge in [0.1, 0.15) is 0 Å². The number of aryl methyl sites for hydroxylation is 1. The van der Waals surface area contributed by atoms with Crippen molar-refractivity contribution in [2.24, 2.45) is 5.92 Å². The maximum Gasteiger partial charge on any atom is 0.306 e. The Hall–Kier alpha value is -2.56. The number of nitrogens with zero attached hydrogens (tertiary/aromatic N) is 1. The monoisotopic (exact) mass is 326 g/mol. The predicted molar refractivity (Wildman–Crippen MR) is 91.5 cm³/mol. The van der Waals surface area contributed by atoms with E-state index in [1.807, 2.05) is 50.2 Å². The minimum atomic E-state index is -0.769. The molecule has 1 heterocycles. The number of carboxylic acid groups (broad SMARTS) is 1.